The normalized spacial score (nSPS) is 15.7. The molecule has 1 saturated carbocycles. The molecule has 1 unspecified atom stereocenters. The monoisotopic (exact) mass is 449 g/mol. The Kier molecular flexibility index (Phi) is 13.2. The first-order valence-electron chi connectivity index (χ1n) is 10.1. The van der Waals surface area contributed by atoms with Gasteiger partial charge in [-0.25, -0.2) is 4.98 Å². The second-order valence-electron chi connectivity index (χ2n) is 7.16. The number of aliphatic hydroxyl groups excluding tert-OH is 1. The number of anilines is 1. The molecule has 2 heterocycles. The molecule has 0 aromatic carbocycles. The van der Waals surface area contributed by atoms with Crippen LogP contribution in [0.3, 0.4) is 0 Å². The van der Waals surface area contributed by atoms with Crippen LogP contribution in [-0.2, 0) is 50.3 Å². The number of nitrogens with zero attached hydrogens (tertiary/aromatic N) is 1. The van der Waals surface area contributed by atoms with Gasteiger partial charge in [-0.1, -0.05) is 44.4 Å². The van der Waals surface area contributed by atoms with Gasteiger partial charge in [-0.2, -0.15) is 0 Å². The van der Waals surface area contributed by atoms with E-state index >= 15 is 0 Å². The van der Waals surface area contributed by atoms with Gasteiger partial charge in [-0.3, -0.25) is 0 Å². The SMILES string of the molecule is C1CCC1.C=C(O)C([NH-])CCOCCCCc1ccc2c(n1)NCCC2.[Y]. The molecule has 1 atom stereocenters. The molecule has 6 heteroatoms. The first-order chi connectivity index (χ1) is 12.7. The van der Waals surface area contributed by atoms with Crippen LogP contribution in [0.15, 0.2) is 24.5 Å². The number of aliphatic hydroxyl groups is 1. The van der Waals surface area contributed by atoms with Gasteiger partial charge in [0.1, 0.15) is 5.82 Å². The summed E-state index contributed by atoms with van der Waals surface area (Å²) in [6, 6.07) is 3.69. The topological polar surface area (TPSA) is 78.2 Å². The van der Waals surface area contributed by atoms with E-state index < -0.39 is 6.04 Å². The third-order valence-electron chi connectivity index (χ3n) is 4.88. The summed E-state index contributed by atoms with van der Waals surface area (Å²) in [5.74, 6) is 0.974. The van der Waals surface area contributed by atoms with Crippen molar-refractivity contribution >= 4 is 5.82 Å². The largest absolute Gasteiger partial charge is 0.668 e. The van der Waals surface area contributed by atoms with Crippen molar-refractivity contribution in [1.29, 1.82) is 0 Å². The molecule has 0 amide bonds. The Hall–Kier alpha value is -0.486. The van der Waals surface area contributed by atoms with Crippen molar-refractivity contribution in [3.8, 4) is 0 Å². The van der Waals surface area contributed by atoms with Crippen molar-refractivity contribution in [1.82, 2.24) is 4.98 Å². The molecular formula is C21H34N3O2Y-. The number of nitrogens with one attached hydrogen (secondary N) is 2. The smallest absolute Gasteiger partial charge is 0.129 e. The third-order valence-corrected chi connectivity index (χ3v) is 4.88. The van der Waals surface area contributed by atoms with E-state index in [-0.39, 0.29) is 38.5 Å². The van der Waals surface area contributed by atoms with Crippen molar-refractivity contribution in [3.63, 3.8) is 0 Å². The molecule has 1 aromatic rings. The van der Waals surface area contributed by atoms with Gasteiger partial charge in [0.15, 0.2) is 0 Å². The van der Waals surface area contributed by atoms with Gasteiger partial charge in [-0.05, 0) is 50.2 Å². The van der Waals surface area contributed by atoms with Gasteiger partial charge in [0.05, 0.1) is 5.76 Å². The second kappa shape index (κ2) is 14.5. The number of pyridine rings is 1. The maximum absolute atomic E-state index is 9.02. The standard InChI is InChI=1S/C17H26N3O2.C4H8.Y/c1-13(21)16(18)9-12-22-11-3-2-6-15-8-7-14-5-4-10-19-17(14)20-15;1-2-4-3-1;/h7-8,16,18,21H,1-6,9-12H2,(H,19,20);1-4H2;/q-1;;. The fourth-order valence-corrected chi connectivity index (χ4v) is 2.74. The van der Waals surface area contributed by atoms with Crippen LogP contribution in [0, 0.1) is 0 Å². The zero-order valence-corrected chi connectivity index (χ0v) is 19.3. The molecule has 1 aliphatic carbocycles. The van der Waals surface area contributed by atoms with Gasteiger partial charge in [0, 0.05) is 58.2 Å². The molecular weight excluding hydrogens is 415 g/mol. The summed E-state index contributed by atoms with van der Waals surface area (Å²) in [7, 11) is 0. The third kappa shape index (κ3) is 10.0. The van der Waals surface area contributed by atoms with Crippen LogP contribution >= 0.6 is 0 Å². The van der Waals surface area contributed by atoms with E-state index in [0.717, 1.165) is 43.7 Å². The maximum Gasteiger partial charge on any atom is 0.129 e. The Balaban J connectivity index is 0.000000644. The van der Waals surface area contributed by atoms with Crippen molar-refractivity contribution in [2.24, 2.45) is 0 Å². The average Bonchev–Trinajstić information content (AvgIpc) is 2.59. The number of aryl methyl sites for hydroxylation is 2. The molecule has 1 aromatic heterocycles. The van der Waals surface area contributed by atoms with Crippen molar-refractivity contribution in [2.45, 2.75) is 70.3 Å². The molecule has 0 saturated heterocycles. The summed E-state index contributed by atoms with van der Waals surface area (Å²) in [5, 5.41) is 12.4. The molecule has 149 valence electrons. The Morgan fingerprint density at radius 2 is 1.93 bits per heavy atom. The van der Waals surface area contributed by atoms with Gasteiger partial charge >= 0.3 is 0 Å². The first-order valence-corrected chi connectivity index (χ1v) is 10.1. The molecule has 0 bridgehead atoms. The summed E-state index contributed by atoms with van der Waals surface area (Å²) in [6.45, 7) is 5.55. The first kappa shape index (κ1) is 24.6. The molecule has 3 rings (SSSR count). The Labute approximate surface area is 189 Å². The van der Waals surface area contributed by atoms with Crippen LogP contribution in [-0.4, -0.2) is 35.9 Å². The van der Waals surface area contributed by atoms with Crippen molar-refractivity contribution < 1.29 is 42.6 Å². The molecule has 0 spiro atoms. The number of fused-ring (bicyclic) bond motifs is 1. The molecule has 5 nitrogen and oxygen atoms in total. The number of hydrogen-bond acceptors (Lipinski definition) is 4. The van der Waals surface area contributed by atoms with Crippen molar-refractivity contribution in [2.75, 3.05) is 25.1 Å². The minimum atomic E-state index is -0.632. The van der Waals surface area contributed by atoms with Crippen LogP contribution in [0.4, 0.5) is 5.82 Å². The number of hydrogen-bond donors (Lipinski definition) is 2. The summed E-state index contributed by atoms with van der Waals surface area (Å²) < 4.78 is 5.48. The van der Waals surface area contributed by atoms with E-state index in [0.29, 0.717) is 19.6 Å². The number of rotatable bonds is 9. The van der Waals surface area contributed by atoms with Gasteiger partial charge < -0.3 is 20.9 Å². The summed E-state index contributed by atoms with van der Waals surface area (Å²) in [4.78, 5) is 4.68. The fourth-order valence-electron chi connectivity index (χ4n) is 2.74. The van der Waals surface area contributed by atoms with Crippen LogP contribution in [0.5, 0.6) is 0 Å². The Morgan fingerprint density at radius 3 is 2.59 bits per heavy atom. The quantitative estimate of drug-likeness (QED) is 0.400. The summed E-state index contributed by atoms with van der Waals surface area (Å²) >= 11 is 0. The van der Waals surface area contributed by atoms with Crippen LogP contribution < -0.4 is 5.32 Å². The van der Waals surface area contributed by atoms with Crippen molar-refractivity contribution in [3.05, 3.63) is 41.5 Å². The minimum absolute atomic E-state index is 0. The fraction of sp³-hybridized carbons (Fsp3) is 0.667. The van der Waals surface area contributed by atoms with E-state index in [1.807, 2.05) is 0 Å². The summed E-state index contributed by atoms with van der Waals surface area (Å²) in [6.07, 6.45) is 11.8. The predicted octanol–water partition coefficient (Wildman–Crippen LogP) is 5.22. The minimum Gasteiger partial charge on any atom is -0.668 e. The molecule has 2 aliphatic rings. The molecule has 1 fully saturated rings. The van der Waals surface area contributed by atoms with E-state index in [1.165, 1.54) is 37.7 Å². The average molecular weight is 449 g/mol. The van der Waals surface area contributed by atoms with E-state index in [1.54, 1.807) is 0 Å². The Morgan fingerprint density at radius 1 is 1.19 bits per heavy atom. The van der Waals surface area contributed by atoms with Crippen LogP contribution in [0.1, 0.15) is 62.6 Å². The number of aromatic nitrogens is 1. The van der Waals surface area contributed by atoms with Gasteiger partial charge in [-0.15, -0.1) is 0 Å². The zero-order valence-electron chi connectivity index (χ0n) is 16.5. The predicted molar refractivity (Wildman–Crippen MR) is 108 cm³/mol. The molecule has 1 radical (unpaired) electrons. The zero-order chi connectivity index (χ0) is 18.6. The number of unbranched alkanes of at least 4 members (excludes halogenated alkanes) is 1. The van der Waals surface area contributed by atoms with E-state index in [2.05, 4.69) is 29.0 Å². The Bertz CT molecular complexity index is 546. The van der Waals surface area contributed by atoms with E-state index in [9.17, 15) is 0 Å². The van der Waals surface area contributed by atoms with Crippen LogP contribution in [0.2, 0.25) is 0 Å². The molecule has 27 heavy (non-hydrogen) atoms. The van der Waals surface area contributed by atoms with Gasteiger partial charge in [0.2, 0.25) is 0 Å². The second-order valence-corrected chi connectivity index (χ2v) is 7.16. The number of ether oxygens (including phenoxy) is 1. The maximum atomic E-state index is 9.02. The summed E-state index contributed by atoms with van der Waals surface area (Å²) in [5.41, 5.74) is 9.95. The molecule has 1 aliphatic heterocycles. The van der Waals surface area contributed by atoms with Gasteiger partial charge in [0.25, 0.3) is 0 Å². The van der Waals surface area contributed by atoms with E-state index in [4.69, 9.17) is 15.6 Å². The molecule has 3 N–H and O–H groups in total. The van der Waals surface area contributed by atoms with Crippen LogP contribution in [0.25, 0.3) is 5.73 Å².